The van der Waals surface area contributed by atoms with Gasteiger partial charge in [-0.15, -0.1) is 10.2 Å². The fraction of sp³-hybridized carbons (Fsp3) is 0.474. The number of nitrogens with zero attached hydrogens (tertiary/aromatic N) is 5. The van der Waals surface area contributed by atoms with E-state index in [4.69, 9.17) is 0 Å². The van der Waals surface area contributed by atoms with Crippen LogP contribution in [0.1, 0.15) is 48.2 Å². The van der Waals surface area contributed by atoms with Crippen molar-refractivity contribution in [2.45, 2.75) is 44.9 Å². The molecular formula is C19H23N5OS. The summed E-state index contributed by atoms with van der Waals surface area (Å²) >= 11 is 1.61. The van der Waals surface area contributed by atoms with Gasteiger partial charge in [0.25, 0.3) is 0 Å². The van der Waals surface area contributed by atoms with Crippen LogP contribution in [0.15, 0.2) is 30.6 Å². The molecule has 26 heavy (non-hydrogen) atoms. The second-order valence-electron chi connectivity index (χ2n) is 6.82. The lowest BCUT2D eigenvalue weighted by Crippen LogP contribution is -2.38. The Balaban J connectivity index is 1.28. The molecule has 7 heteroatoms. The Kier molecular flexibility index (Phi) is 4.97. The van der Waals surface area contributed by atoms with Crippen molar-refractivity contribution >= 4 is 22.2 Å². The highest BCUT2D eigenvalue weighted by Crippen LogP contribution is 2.31. The van der Waals surface area contributed by atoms with Gasteiger partial charge in [0.2, 0.25) is 10.9 Å². The average Bonchev–Trinajstić information content (AvgIpc) is 3.29. The second kappa shape index (κ2) is 7.53. The van der Waals surface area contributed by atoms with Gasteiger partial charge in [-0.1, -0.05) is 42.5 Å². The largest absolute Gasteiger partial charge is 0.343 e. The third-order valence-electron chi connectivity index (χ3n) is 5.16. The van der Waals surface area contributed by atoms with Gasteiger partial charge in [-0.2, -0.15) is 9.61 Å². The molecule has 6 nitrogen and oxygen atoms in total. The average molecular weight is 369 g/mol. The second-order valence-corrected chi connectivity index (χ2v) is 7.81. The number of benzene rings is 1. The minimum absolute atomic E-state index is 0.265. The van der Waals surface area contributed by atoms with Crippen LogP contribution >= 0.6 is 11.3 Å². The molecule has 2 aromatic heterocycles. The first kappa shape index (κ1) is 17.1. The minimum Gasteiger partial charge on any atom is -0.343 e. The number of amides is 1. The number of aromatic nitrogens is 4. The van der Waals surface area contributed by atoms with E-state index in [0.29, 0.717) is 12.3 Å². The third-order valence-corrected chi connectivity index (χ3v) is 6.23. The van der Waals surface area contributed by atoms with Crippen molar-refractivity contribution in [3.8, 4) is 0 Å². The van der Waals surface area contributed by atoms with Crippen molar-refractivity contribution in [2.75, 3.05) is 13.1 Å². The maximum atomic E-state index is 12.5. The molecule has 0 aliphatic carbocycles. The molecule has 1 aliphatic heterocycles. The predicted molar refractivity (Wildman–Crippen MR) is 101 cm³/mol. The van der Waals surface area contributed by atoms with Crippen molar-refractivity contribution < 1.29 is 4.79 Å². The maximum Gasteiger partial charge on any atom is 0.234 e. The zero-order chi connectivity index (χ0) is 17.9. The summed E-state index contributed by atoms with van der Waals surface area (Å²) in [5.41, 5.74) is 2.58. The van der Waals surface area contributed by atoms with E-state index in [-0.39, 0.29) is 5.91 Å². The molecule has 3 heterocycles. The molecule has 0 bridgehead atoms. The quantitative estimate of drug-likeness (QED) is 0.693. The highest BCUT2D eigenvalue weighted by Gasteiger charge is 2.26. The smallest absolute Gasteiger partial charge is 0.234 e. The molecule has 0 saturated carbocycles. The normalized spacial score (nSPS) is 15.7. The number of fused-ring (bicyclic) bond motifs is 1. The van der Waals surface area contributed by atoms with Crippen LogP contribution in [0.25, 0.3) is 4.96 Å². The zero-order valence-corrected chi connectivity index (χ0v) is 15.8. The molecule has 1 aliphatic rings. The van der Waals surface area contributed by atoms with Crippen LogP contribution in [0.3, 0.4) is 0 Å². The van der Waals surface area contributed by atoms with Crippen LogP contribution in [0.2, 0.25) is 0 Å². The van der Waals surface area contributed by atoms with Gasteiger partial charge in [0.05, 0.1) is 0 Å². The monoisotopic (exact) mass is 369 g/mol. The van der Waals surface area contributed by atoms with E-state index in [1.807, 2.05) is 4.90 Å². The van der Waals surface area contributed by atoms with Crippen molar-refractivity contribution in [1.82, 2.24) is 24.7 Å². The SMILES string of the molecule is CCc1ccc(CCC(=O)N2CCC(c3nn4cnnc4s3)CC2)cc1. The van der Waals surface area contributed by atoms with E-state index in [9.17, 15) is 4.79 Å². The van der Waals surface area contributed by atoms with E-state index in [2.05, 4.69) is 46.5 Å². The number of carbonyl (C=O) groups is 1. The van der Waals surface area contributed by atoms with Crippen molar-refractivity contribution in [1.29, 1.82) is 0 Å². The summed E-state index contributed by atoms with van der Waals surface area (Å²) in [6.45, 7) is 3.79. The van der Waals surface area contributed by atoms with Crippen LogP contribution < -0.4 is 0 Å². The minimum atomic E-state index is 0.265. The molecule has 1 amide bonds. The molecule has 0 atom stereocenters. The number of aryl methyl sites for hydroxylation is 2. The van der Waals surface area contributed by atoms with Gasteiger partial charge in [0.1, 0.15) is 11.3 Å². The number of piperidine rings is 1. The highest BCUT2D eigenvalue weighted by atomic mass is 32.1. The summed E-state index contributed by atoms with van der Waals surface area (Å²) < 4.78 is 1.74. The Hall–Kier alpha value is -2.28. The molecule has 1 fully saturated rings. The molecule has 0 spiro atoms. The van der Waals surface area contributed by atoms with Crippen LogP contribution in [0, 0.1) is 0 Å². The molecule has 0 radical (unpaired) electrons. The molecule has 0 N–H and O–H groups in total. The summed E-state index contributed by atoms with van der Waals surface area (Å²) in [5.74, 6) is 0.688. The molecule has 136 valence electrons. The number of hydrogen-bond acceptors (Lipinski definition) is 5. The van der Waals surface area contributed by atoms with Crippen molar-refractivity contribution in [3.05, 3.63) is 46.7 Å². The van der Waals surface area contributed by atoms with Crippen LogP contribution in [0.4, 0.5) is 0 Å². The van der Waals surface area contributed by atoms with Gasteiger partial charge < -0.3 is 4.90 Å². The summed E-state index contributed by atoms with van der Waals surface area (Å²) in [4.78, 5) is 15.4. The Morgan fingerprint density at radius 2 is 1.92 bits per heavy atom. The van der Waals surface area contributed by atoms with Gasteiger partial charge in [0.15, 0.2) is 0 Å². The van der Waals surface area contributed by atoms with Gasteiger partial charge >= 0.3 is 0 Å². The predicted octanol–water partition coefficient (Wildman–Crippen LogP) is 3.09. The van der Waals surface area contributed by atoms with Crippen molar-refractivity contribution in [2.24, 2.45) is 0 Å². The Labute approximate surface area is 156 Å². The first-order chi connectivity index (χ1) is 12.7. The fourth-order valence-corrected chi connectivity index (χ4v) is 4.45. The lowest BCUT2D eigenvalue weighted by Gasteiger charge is -2.31. The van der Waals surface area contributed by atoms with Crippen LogP contribution in [-0.2, 0) is 17.6 Å². The maximum absolute atomic E-state index is 12.5. The van der Waals surface area contributed by atoms with E-state index in [1.54, 1.807) is 22.2 Å². The Morgan fingerprint density at radius 1 is 1.19 bits per heavy atom. The number of carbonyl (C=O) groups excluding carboxylic acids is 1. The molecular weight excluding hydrogens is 346 g/mol. The highest BCUT2D eigenvalue weighted by molar-refractivity contribution is 7.16. The summed E-state index contributed by atoms with van der Waals surface area (Å²) in [7, 11) is 0. The molecule has 3 aromatic rings. The van der Waals surface area contributed by atoms with Crippen LogP contribution in [0.5, 0.6) is 0 Å². The first-order valence-electron chi connectivity index (χ1n) is 9.25. The summed E-state index contributed by atoms with van der Waals surface area (Å²) in [6.07, 6.45) is 6.05. The van der Waals surface area contributed by atoms with Gasteiger partial charge in [0, 0.05) is 25.4 Å². The van der Waals surface area contributed by atoms with Crippen molar-refractivity contribution in [3.63, 3.8) is 0 Å². The van der Waals surface area contributed by atoms with E-state index in [1.165, 1.54) is 11.1 Å². The van der Waals surface area contributed by atoms with E-state index < -0.39 is 0 Å². The fourth-order valence-electron chi connectivity index (χ4n) is 3.47. The standard InChI is InChI=1S/C19H23N5OS/c1-2-14-3-5-15(6-4-14)7-8-17(25)23-11-9-16(10-12-23)18-22-24-13-20-21-19(24)26-18/h3-6,13,16H,2,7-12H2,1H3. The molecule has 0 unspecified atom stereocenters. The zero-order valence-electron chi connectivity index (χ0n) is 15.0. The van der Waals surface area contributed by atoms with Gasteiger partial charge in [-0.05, 0) is 36.8 Å². The number of hydrogen-bond donors (Lipinski definition) is 0. The Morgan fingerprint density at radius 3 is 2.62 bits per heavy atom. The number of rotatable bonds is 5. The molecule has 4 rings (SSSR count). The third kappa shape index (κ3) is 3.62. The summed E-state index contributed by atoms with van der Waals surface area (Å²) in [6, 6.07) is 8.61. The Bertz CT molecular complexity index is 848. The number of likely N-dealkylation sites (tertiary alicyclic amines) is 1. The van der Waals surface area contributed by atoms with E-state index >= 15 is 0 Å². The molecule has 1 aromatic carbocycles. The first-order valence-corrected chi connectivity index (χ1v) is 10.1. The summed E-state index contributed by atoms with van der Waals surface area (Å²) in [5, 5.41) is 13.6. The lowest BCUT2D eigenvalue weighted by atomic mass is 9.97. The van der Waals surface area contributed by atoms with Crippen LogP contribution in [-0.4, -0.2) is 43.7 Å². The topological polar surface area (TPSA) is 63.4 Å². The van der Waals surface area contributed by atoms with Gasteiger partial charge in [-0.3, -0.25) is 4.79 Å². The molecule has 1 saturated heterocycles. The lowest BCUT2D eigenvalue weighted by molar-refractivity contribution is -0.132. The van der Waals surface area contributed by atoms with Gasteiger partial charge in [-0.25, -0.2) is 0 Å². The van der Waals surface area contributed by atoms with E-state index in [0.717, 1.165) is 48.7 Å².